The van der Waals surface area contributed by atoms with E-state index in [1.165, 1.54) is 28.4 Å². The van der Waals surface area contributed by atoms with Crippen LogP contribution in [0.15, 0.2) is 47.4 Å². The normalized spacial score (nSPS) is 14.9. The maximum atomic E-state index is 13.1. The number of amides is 1. The Bertz CT molecular complexity index is 1200. The number of nitrogens with zero attached hydrogens (tertiary/aromatic N) is 3. The Morgan fingerprint density at radius 1 is 1.12 bits per heavy atom. The van der Waals surface area contributed by atoms with Crippen LogP contribution in [0.5, 0.6) is 11.5 Å². The molecule has 0 aromatic heterocycles. The van der Waals surface area contributed by atoms with Crippen LogP contribution in [0.4, 0.5) is 5.69 Å². The molecule has 1 fully saturated rings. The number of carbonyl (C=O) groups excluding carboxylic acids is 1. The molecule has 1 aliphatic heterocycles. The molecule has 0 N–H and O–H groups in total. The fourth-order valence-corrected chi connectivity index (χ4v) is 5.29. The number of aryl methyl sites for hydroxylation is 1. The molecule has 0 atom stereocenters. The number of carbonyl (C=O) groups is 1. The summed E-state index contributed by atoms with van der Waals surface area (Å²) in [5.41, 5.74) is 1.07. The van der Waals surface area contributed by atoms with Crippen LogP contribution in [0.1, 0.15) is 18.1 Å². The number of allylic oxidation sites excluding steroid dienone is 1. The van der Waals surface area contributed by atoms with Crippen LogP contribution < -0.4 is 9.47 Å². The molecule has 0 bridgehead atoms. The summed E-state index contributed by atoms with van der Waals surface area (Å²) in [7, 11) is -2.41. The molecule has 2 aromatic rings. The number of nitro groups is 1. The van der Waals surface area contributed by atoms with Crippen molar-refractivity contribution in [1.29, 1.82) is 0 Å². The molecule has 0 saturated carbocycles. The quantitative estimate of drug-likeness (QED) is 0.413. The van der Waals surface area contributed by atoms with Crippen molar-refractivity contribution in [1.82, 2.24) is 9.21 Å². The lowest BCUT2D eigenvalue weighted by Gasteiger charge is -2.34. The van der Waals surface area contributed by atoms with Crippen LogP contribution in [-0.2, 0) is 14.8 Å². The molecule has 2 aromatic carbocycles. The molecular formula is C23H27N3O7S. The van der Waals surface area contributed by atoms with E-state index in [0.29, 0.717) is 17.1 Å². The van der Waals surface area contributed by atoms with E-state index in [4.69, 9.17) is 9.47 Å². The number of sulfonamides is 1. The van der Waals surface area contributed by atoms with E-state index >= 15 is 0 Å². The first-order valence-corrected chi connectivity index (χ1v) is 12.1. The van der Waals surface area contributed by atoms with Crippen LogP contribution in [0.25, 0.3) is 6.08 Å². The van der Waals surface area contributed by atoms with Gasteiger partial charge in [0.1, 0.15) is 0 Å². The molecule has 10 nitrogen and oxygen atoms in total. The first-order chi connectivity index (χ1) is 16.2. The summed E-state index contributed by atoms with van der Waals surface area (Å²) < 4.78 is 38.4. The Morgan fingerprint density at radius 2 is 1.82 bits per heavy atom. The van der Waals surface area contributed by atoms with Crippen molar-refractivity contribution in [2.24, 2.45) is 0 Å². The second-order valence-corrected chi connectivity index (χ2v) is 9.60. The van der Waals surface area contributed by atoms with E-state index in [-0.39, 0.29) is 49.3 Å². The third-order valence-corrected chi connectivity index (χ3v) is 7.53. The fraction of sp³-hybridized carbons (Fsp3) is 0.348. The van der Waals surface area contributed by atoms with Gasteiger partial charge in [0.05, 0.1) is 16.9 Å². The molecule has 3 rings (SSSR count). The van der Waals surface area contributed by atoms with Gasteiger partial charge in [-0.05, 0) is 37.1 Å². The first-order valence-electron chi connectivity index (χ1n) is 10.6. The van der Waals surface area contributed by atoms with Gasteiger partial charge in [-0.3, -0.25) is 14.9 Å². The Kier molecular flexibility index (Phi) is 7.90. The highest BCUT2D eigenvalue weighted by Gasteiger charge is 2.32. The van der Waals surface area contributed by atoms with Crippen molar-refractivity contribution in [3.8, 4) is 11.5 Å². The van der Waals surface area contributed by atoms with Crippen molar-refractivity contribution < 1.29 is 27.6 Å². The van der Waals surface area contributed by atoms with E-state index in [1.54, 1.807) is 19.1 Å². The largest absolute Gasteiger partial charge is 0.493 e. The monoisotopic (exact) mass is 489 g/mol. The third kappa shape index (κ3) is 5.54. The second kappa shape index (κ2) is 10.7. The molecule has 11 heteroatoms. The van der Waals surface area contributed by atoms with Gasteiger partial charge in [-0.25, -0.2) is 8.42 Å². The number of methoxy groups -OCH3 is 1. The van der Waals surface area contributed by atoms with Crippen LogP contribution in [-0.4, -0.2) is 68.3 Å². The Labute approximate surface area is 198 Å². The van der Waals surface area contributed by atoms with E-state index in [1.807, 2.05) is 25.1 Å². The Hall–Kier alpha value is -3.44. The van der Waals surface area contributed by atoms with Crippen LogP contribution in [0.3, 0.4) is 0 Å². The van der Waals surface area contributed by atoms with Gasteiger partial charge in [-0.2, -0.15) is 4.31 Å². The van der Waals surface area contributed by atoms with Crippen molar-refractivity contribution in [3.05, 3.63) is 63.7 Å². The molecule has 0 radical (unpaired) electrons. The number of nitro benzene ring substituents is 1. The van der Waals surface area contributed by atoms with Gasteiger partial charge in [0.2, 0.25) is 10.0 Å². The van der Waals surface area contributed by atoms with Crippen LogP contribution in [0.2, 0.25) is 0 Å². The van der Waals surface area contributed by atoms with Gasteiger partial charge in [0.25, 0.3) is 11.6 Å². The van der Waals surface area contributed by atoms with Gasteiger partial charge in [-0.15, -0.1) is 0 Å². The molecule has 1 heterocycles. The lowest BCUT2D eigenvalue weighted by atomic mass is 10.2. The summed E-state index contributed by atoms with van der Waals surface area (Å²) in [6, 6.07) is 9.15. The van der Waals surface area contributed by atoms with Gasteiger partial charge < -0.3 is 14.4 Å². The molecular weight excluding hydrogens is 462 g/mol. The lowest BCUT2D eigenvalue weighted by Crippen LogP contribution is -2.51. The van der Waals surface area contributed by atoms with Gasteiger partial charge in [0.15, 0.2) is 18.1 Å². The lowest BCUT2D eigenvalue weighted by molar-refractivity contribution is -0.385. The predicted octanol–water partition coefficient (Wildman–Crippen LogP) is 2.86. The van der Waals surface area contributed by atoms with Gasteiger partial charge in [0, 0.05) is 38.3 Å². The second-order valence-electron chi connectivity index (χ2n) is 7.69. The number of hydrogen-bond acceptors (Lipinski definition) is 7. The summed E-state index contributed by atoms with van der Waals surface area (Å²) in [6.45, 7) is 3.82. The predicted molar refractivity (Wildman–Crippen MR) is 126 cm³/mol. The molecule has 0 aliphatic carbocycles. The Morgan fingerprint density at radius 3 is 2.44 bits per heavy atom. The minimum absolute atomic E-state index is 0.0809. The Balaban J connectivity index is 1.62. The zero-order chi connectivity index (χ0) is 24.9. The summed E-state index contributed by atoms with van der Waals surface area (Å²) in [4.78, 5) is 24.5. The van der Waals surface area contributed by atoms with Crippen molar-refractivity contribution in [2.45, 2.75) is 18.7 Å². The zero-order valence-corrected chi connectivity index (χ0v) is 20.1. The fourth-order valence-electron chi connectivity index (χ4n) is 3.63. The zero-order valence-electron chi connectivity index (χ0n) is 19.3. The maximum absolute atomic E-state index is 13.1. The number of hydrogen-bond donors (Lipinski definition) is 0. The number of non-ortho nitro benzene ring substituents is 1. The molecule has 0 unspecified atom stereocenters. The molecule has 182 valence electrons. The SMILES string of the molecule is C/C=C/c1ccc(OCC(=O)N2CCN(S(=O)(=O)c3cc([N+](=O)[O-])ccc3C)CC2)c(OC)c1. The smallest absolute Gasteiger partial charge is 0.270 e. The maximum Gasteiger partial charge on any atom is 0.270 e. The van der Waals surface area contributed by atoms with Crippen molar-refractivity contribution >= 4 is 27.7 Å². The third-order valence-electron chi connectivity index (χ3n) is 5.49. The van der Waals surface area contributed by atoms with E-state index in [9.17, 15) is 23.3 Å². The summed E-state index contributed by atoms with van der Waals surface area (Å²) in [5, 5.41) is 11.1. The van der Waals surface area contributed by atoms with Crippen LogP contribution in [0, 0.1) is 17.0 Å². The average Bonchev–Trinajstić information content (AvgIpc) is 2.83. The van der Waals surface area contributed by atoms with Gasteiger partial charge >= 0.3 is 0 Å². The first kappa shape index (κ1) is 25.2. The van der Waals surface area contributed by atoms with Crippen LogP contribution >= 0.6 is 0 Å². The highest BCUT2D eigenvalue weighted by atomic mass is 32.2. The number of piperazine rings is 1. The van der Waals surface area contributed by atoms with Crippen molar-refractivity contribution in [3.63, 3.8) is 0 Å². The summed E-state index contributed by atoms with van der Waals surface area (Å²) >= 11 is 0. The average molecular weight is 490 g/mol. The summed E-state index contributed by atoms with van der Waals surface area (Å²) in [6.07, 6.45) is 3.82. The van der Waals surface area contributed by atoms with E-state index in [2.05, 4.69) is 0 Å². The van der Waals surface area contributed by atoms with E-state index in [0.717, 1.165) is 11.6 Å². The van der Waals surface area contributed by atoms with Gasteiger partial charge in [-0.1, -0.05) is 24.3 Å². The standard InChI is InChI=1S/C23H27N3O7S/c1-4-5-18-7-9-20(21(14-18)32-3)33-16-23(27)24-10-12-25(13-11-24)34(30,31)22-15-19(26(28)29)8-6-17(22)2/h4-9,14-15H,10-13,16H2,1-3H3/b5-4+. The number of benzene rings is 2. The minimum Gasteiger partial charge on any atom is -0.493 e. The highest BCUT2D eigenvalue weighted by molar-refractivity contribution is 7.89. The highest BCUT2D eigenvalue weighted by Crippen LogP contribution is 2.29. The minimum atomic E-state index is -3.93. The van der Waals surface area contributed by atoms with Crippen molar-refractivity contribution in [2.75, 3.05) is 39.9 Å². The molecule has 1 aliphatic rings. The molecule has 1 amide bonds. The van der Waals surface area contributed by atoms with E-state index < -0.39 is 14.9 Å². The number of rotatable bonds is 8. The molecule has 1 saturated heterocycles. The summed E-state index contributed by atoms with van der Waals surface area (Å²) in [5.74, 6) is 0.668. The number of ether oxygens (including phenoxy) is 2. The topological polar surface area (TPSA) is 119 Å². The molecule has 34 heavy (non-hydrogen) atoms. The molecule has 0 spiro atoms.